The summed E-state index contributed by atoms with van der Waals surface area (Å²) in [5, 5.41) is 16.1. The van der Waals surface area contributed by atoms with E-state index in [4.69, 9.17) is 4.42 Å². The van der Waals surface area contributed by atoms with Crippen molar-refractivity contribution in [3.05, 3.63) is 76.8 Å². The van der Waals surface area contributed by atoms with E-state index in [1.807, 2.05) is 62.4 Å². The molecule has 0 spiro atoms. The molecule has 26 heavy (non-hydrogen) atoms. The number of aromatic nitrogens is 2. The topological polar surface area (TPSA) is 68.3 Å². The van der Waals surface area contributed by atoms with Crippen LogP contribution in [0.25, 0.3) is 27.9 Å². The molecule has 0 saturated heterocycles. The summed E-state index contributed by atoms with van der Waals surface area (Å²) in [6.07, 6.45) is 0. The zero-order valence-corrected chi connectivity index (χ0v) is 14.5. The molecule has 0 fully saturated rings. The van der Waals surface area contributed by atoms with Crippen LogP contribution in [-0.2, 0) is 0 Å². The van der Waals surface area contributed by atoms with E-state index in [1.54, 1.807) is 16.8 Å². The number of benzene rings is 2. The molecule has 0 saturated carbocycles. The van der Waals surface area contributed by atoms with Gasteiger partial charge in [-0.15, -0.1) is 0 Å². The van der Waals surface area contributed by atoms with Crippen molar-refractivity contribution >= 4 is 11.1 Å². The van der Waals surface area contributed by atoms with Gasteiger partial charge in [-0.05, 0) is 23.6 Å². The molecule has 2 aromatic carbocycles. The van der Waals surface area contributed by atoms with Gasteiger partial charge in [-0.2, -0.15) is 9.78 Å². The third-order valence-electron chi connectivity index (χ3n) is 4.35. The molecule has 4 rings (SSSR count). The summed E-state index contributed by atoms with van der Waals surface area (Å²) in [6.45, 7) is 3.98. The van der Waals surface area contributed by atoms with Crippen LogP contribution in [0.15, 0.2) is 69.9 Å². The summed E-state index contributed by atoms with van der Waals surface area (Å²) in [6, 6.07) is 18.4. The average Bonchev–Trinajstić information content (AvgIpc) is 3.03. The Morgan fingerprint density at radius 1 is 1.00 bits per heavy atom. The van der Waals surface area contributed by atoms with E-state index in [2.05, 4.69) is 5.10 Å². The monoisotopic (exact) mass is 346 g/mol. The first-order valence-electron chi connectivity index (χ1n) is 8.47. The Labute approximate surface area is 150 Å². The molecule has 130 valence electrons. The van der Waals surface area contributed by atoms with Gasteiger partial charge in [-0.1, -0.05) is 62.4 Å². The molecule has 2 aromatic heterocycles. The van der Waals surface area contributed by atoms with Gasteiger partial charge in [-0.3, -0.25) is 0 Å². The second-order valence-corrected chi connectivity index (χ2v) is 6.45. The molecule has 0 radical (unpaired) electrons. The Hall–Kier alpha value is -3.34. The second kappa shape index (κ2) is 6.19. The molecule has 5 heteroatoms. The molecular weight excluding hydrogens is 328 g/mol. The standard InChI is InChI=1S/C21H18N2O3/c1-13(2)18-17-19(24)16(14-9-5-3-6-10-14)21(25)26-20(17)23(22-18)15-11-7-4-8-12-15/h3-13,24H,1-2H3. The lowest BCUT2D eigenvalue weighted by atomic mass is 10.0. The van der Waals surface area contributed by atoms with Gasteiger partial charge in [0.25, 0.3) is 0 Å². The molecule has 4 aromatic rings. The number of fused-ring (bicyclic) bond motifs is 1. The number of hydrogen-bond acceptors (Lipinski definition) is 4. The van der Waals surface area contributed by atoms with Crippen LogP contribution in [0.2, 0.25) is 0 Å². The molecule has 1 N–H and O–H groups in total. The van der Waals surface area contributed by atoms with Crippen molar-refractivity contribution in [3.63, 3.8) is 0 Å². The van der Waals surface area contributed by atoms with Crippen LogP contribution in [0.4, 0.5) is 0 Å². The lowest BCUT2D eigenvalue weighted by molar-refractivity contribution is 0.468. The molecule has 0 unspecified atom stereocenters. The summed E-state index contributed by atoms with van der Waals surface area (Å²) < 4.78 is 7.20. The Morgan fingerprint density at radius 2 is 1.62 bits per heavy atom. The van der Waals surface area contributed by atoms with Gasteiger partial charge < -0.3 is 9.52 Å². The fourth-order valence-corrected chi connectivity index (χ4v) is 3.10. The highest BCUT2D eigenvalue weighted by atomic mass is 16.4. The molecule has 0 atom stereocenters. The molecule has 0 bridgehead atoms. The maximum atomic E-state index is 12.6. The highest BCUT2D eigenvalue weighted by Gasteiger charge is 2.25. The van der Waals surface area contributed by atoms with E-state index in [1.165, 1.54) is 0 Å². The Bertz CT molecular complexity index is 1130. The van der Waals surface area contributed by atoms with Gasteiger partial charge >= 0.3 is 5.63 Å². The van der Waals surface area contributed by atoms with E-state index in [0.717, 1.165) is 5.69 Å². The minimum Gasteiger partial charge on any atom is -0.506 e. The van der Waals surface area contributed by atoms with E-state index in [-0.39, 0.29) is 22.9 Å². The Balaban J connectivity index is 2.10. The minimum atomic E-state index is -0.589. The van der Waals surface area contributed by atoms with Gasteiger partial charge in [0, 0.05) is 0 Å². The first kappa shape index (κ1) is 16.1. The Morgan fingerprint density at radius 3 is 2.23 bits per heavy atom. The van der Waals surface area contributed by atoms with Crippen LogP contribution in [0.3, 0.4) is 0 Å². The average molecular weight is 346 g/mol. The van der Waals surface area contributed by atoms with Crippen molar-refractivity contribution in [2.24, 2.45) is 0 Å². The number of aromatic hydroxyl groups is 1. The van der Waals surface area contributed by atoms with Crippen LogP contribution < -0.4 is 5.63 Å². The van der Waals surface area contributed by atoms with Crippen molar-refractivity contribution in [3.8, 4) is 22.6 Å². The highest BCUT2D eigenvalue weighted by Crippen LogP contribution is 2.38. The fourth-order valence-electron chi connectivity index (χ4n) is 3.10. The van der Waals surface area contributed by atoms with Crippen LogP contribution >= 0.6 is 0 Å². The zero-order chi connectivity index (χ0) is 18.3. The van der Waals surface area contributed by atoms with Crippen molar-refractivity contribution in [2.45, 2.75) is 19.8 Å². The van der Waals surface area contributed by atoms with Crippen LogP contribution in [0.5, 0.6) is 5.75 Å². The molecule has 2 heterocycles. The van der Waals surface area contributed by atoms with Crippen LogP contribution in [0.1, 0.15) is 25.5 Å². The van der Waals surface area contributed by atoms with Gasteiger partial charge in [0.15, 0.2) is 0 Å². The number of rotatable bonds is 3. The summed E-state index contributed by atoms with van der Waals surface area (Å²) in [4.78, 5) is 12.6. The number of nitrogens with zero attached hydrogens (tertiary/aromatic N) is 2. The summed E-state index contributed by atoms with van der Waals surface area (Å²) in [7, 11) is 0. The third kappa shape index (κ3) is 2.49. The normalized spacial score (nSPS) is 11.3. The molecule has 0 aliphatic carbocycles. The number of para-hydroxylation sites is 1. The predicted molar refractivity (Wildman–Crippen MR) is 101 cm³/mol. The first-order valence-corrected chi connectivity index (χ1v) is 8.47. The maximum Gasteiger partial charge on any atom is 0.349 e. The molecule has 0 amide bonds. The molecule has 0 aliphatic rings. The van der Waals surface area contributed by atoms with Crippen molar-refractivity contribution in [1.82, 2.24) is 9.78 Å². The van der Waals surface area contributed by atoms with Crippen molar-refractivity contribution < 1.29 is 9.52 Å². The lowest BCUT2D eigenvalue weighted by Crippen LogP contribution is -2.05. The highest BCUT2D eigenvalue weighted by molar-refractivity contribution is 5.91. The second-order valence-electron chi connectivity index (χ2n) is 6.45. The maximum absolute atomic E-state index is 12.6. The van der Waals surface area contributed by atoms with Crippen molar-refractivity contribution in [1.29, 1.82) is 0 Å². The summed E-state index contributed by atoms with van der Waals surface area (Å²) in [5.74, 6) is -0.0435. The summed E-state index contributed by atoms with van der Waals surface area (Å²) >= 11 is 0. The van der Waals surface area contributed by atoms with Gasteiger partial charge in [0.2, 0.25) is 5.71 Å². The van der Waals surface area contributed by atoms with E-state index in [0.29, 0.717) is 16.6 Å². The molecule has 0 aliphatic heterocycles. The van der Waals surface area contributed by atoms with Crippen molar-refractivity contribution in [2.75, 3.05) is 0 Å². The smallest absolute Gasteiger partial charge is 0.349 e. The Kier molecular flexibility index (Phi) is 3.84. The van der Waals surface area contributed by atoms with Gasteiger partial charge in [0.1, 0.15) is 16.7 Å². The lowest BCUT2D eigenvalue weighted by Gasteiger charge is -2.06. The SMILES string of the molecule is CC(C)c1nn(-c2ccccc2)c2oc(=O)c(-c3ccccc3)c(O)c12. The van der Waals surface area contributed by atoms with Crippen LogP contribution in [0, 0.1) is 0 Å². The largest absolute Gasteiger partial charge is 0.506 e. The number of hydrogen-bond donors (Lipinski definition) is 1. The van der Waals surface area contributed by atoms with Gasteiger partial charge in [-0.25, -0.2) is 4.79 Å². The summed E-state index contributed by atoms with van der Waals surface area (Å²) in [5.41, 5.74) is 1.88. The van der Waals surface area contributed by atoms with Crippen LogP contribution in [-0.4, -0.2) is 14.9 Å². The third-order valence-corrected chi connectivity index (χ3v) is 4.35. The predicted octanol–water partition coefficient (Wildman–Crippen LogP) is 4.47. The van der Waals surface area contributed by atoms with E-state index in [9.17, 15) is 9.90 Å². The quantitative estimate of drug-likeness (QED) is 0.594. The minimum absolute atomic E-state index is 0.0460. The fraction of sp³-hybridized carbons (Fsp3) is 0.143. The van der Waals surface area contributed by atoms with E-state index < -0.39 is 5.63 Å². The molecule has 5 nitrogen and oxygen atoms in total. The zero-order valence-electron chi connectivity index (χ0n) is 14.5. The first-order chi connectivity index (χ1) is 12.6. The van der Waals surface area contributed by atoms with E-state index >= 15 is 0 Å². The molecular formula is C21H18N2O3. The van der Waals surface area contributed by atoms with Gasteiger partial charge in [0.05, 0.1) is 11.4 Å².